The molecule has 0 unspecified atom stereocenters. The van der Waals surface area contributed by atoms with E-state index in [1.54, 1.807) is 0 Å². The summed E-state index contributed by atoms with van der Waals surface area (Å²) >= 11 is 0. The molecule has 2 aliphatic heterocycles. The Hall–Kier alpha value is -0.900. The van der Waals surface area contributed by atoms with Crippen molar-refractivity contribution < 1.29 is 9.57 Å². The first kappa shape index (κ1) is 8.41. The molecule has 74 valence electrons. The Kier molecular flexibility index (Phi) is 2.01. The molecule has 0 spiro atoms. The van der Waals surface area contributed by atoms with E-state index in [0.29, 0.717) is 12.0 Å². The van der Waals surface area contributed by atoms with Crippen LogP contribution in [0.5, 0.6) is 0 Å². The zero-order valence-corrected chi connectivity index (χ0v) is 7.85. The maximum atomic E-state index is 5.58. The summed E-state index contributed by atoms with van der Waals surface area (Å²) in [4.78, 5) is 5.58. The minimum Gasteiger partial charge on any atom is -0.379 e. The predicted octanol–water partition coefficient (Wildman–Crippen LogP) is 1.28. The van der Waals surface area contributed by atoms with Gasteiger partial charge in [0.25, 0.3) is 0 Å². The molecule has 3 rings (SSSR count). The van der Waals surface area contributed by atoms with Crippen molar-refractivity contribution in [1.82, 2.24) is 5.48 Å². The lowest BCUT2D eigenvalue weighted by Gasteiger charge is -2.14. The monoisotopic (exact) mass is 191 g/mol. The molecule has 3 nitrogen and oxygen atoms in total. The van der Waals surface area contributed by atoms with Gasteiger partial charge in [0.2, 0.25) is 0 Å². The minimum atomic E-state index is 0.156. The van der Waals surface area contributed by atoms with E-state index in [0.717, 1.165) is 13.2 Å². The number of hydrogen-bond donors (Lipinski definition) is 1. The first-order chi connectivity index (χ1) is 6.95. The number of ether oxygens (including phenoxy) is 1. The number of hydrogen-bond acceptors (Lipinski definition) is 3. The highest BCUT2D eigenvalue weighted by Crippen LogP contribution is 2.36. The van der Waals surface area contributed by atoms with Gasteiger partial charge < -0.3 is 4.74 Å². The fraction of sp³-hybridized carbons (Fsp3) is 0.455. The van der Waals surface area contributed by atoms with Crippen LogP contribution in [0.25, 0.3) is 0 Å². The summed E-state index contributed by atoms with van der Waals surface area (Å²) in [6.45, 7) is 1.57. The van der Waals surface area contributed by atoms with Crippen LogP contribution in [0.2, 0.25) is 0 Å². The van der Waals surface area contributed by atoms with Gasteiger partial charge in [-0.25, -0.2) is 0 Å². The van der Waals surface area contributed by atoms with Gasteiger partial charge in [0.15, 0.2) is 0 Å². The maximum Gasteiger partial charge on any atom is 0.111 e. The van der Waals surface area contributed by atoms with E-state index < -0.39 is 0 Å². The molecule has 2 heterocycles. The number of nitrogens with one attached hydrogen (secondary N) is 1. The van der Waals surface area contributed by atoms with Crippen molar-refractivity contribution in [3.05, 3.63) is 35.9 Å². The molecule has 1 aromatic rings. The zero-order valence-electron chi connectivity index (χ0n) is 7.85. The van der Waals surface area contributed by atoms with Crippen LogP contribution in [0.15, 0.2) is 30.3 Å². The Morgan fingerprint density at radius 2 is 2.00 bits per heavy atom. The number of hydroxylamine groups is 1. The SMILES string of the molecule is c1ccc([C@H]2ON[C@H]3COC[C@H]32)cc1. The summed E-state index contributed by atoms with van der Waals surface area (Å²) < 4.78 is 5.42. The van der Waals surface area contributed by atoms with Crippen LogP contribution >= 0.6 is 0 Å². The van der Waals surface area contributed by atoms with Crippen molar-refractivity contribution in [2.45, 2.75) is 12.1 Å². The van der Waals surface area contributed by atoms with Gasteiger partial charge in [-0.15, -0.1) is 0 Å². The molecule has 3 heteroatoms. The molecule has 1 aromatic carbocycles. The van der Waals surface area contributed by atoms with E-state index in [1.165, 1.54) is 5.56 Å². The molecule has 2 fully saturated rings. The van der Waals surface area contributed by atoms with Crippen molar-refractivity contribution in [3.8, 4) is 0 Å². The first-order valence-corrected chi connectivity index (χ1v) is 4.99. The number of benzene rings is 1. The smallest absolute Gasteiger partial charge is 0.111 e. The molecule has 2 saturated heterocycles. The van der Waals surface area contributed by atoms with Crippen molar-refractivity contribution >= 4 is 0 Å². The van der Waals surface area contributed by atoms with E-state index in [-0.39, 0.29) is 6.10 Å². The lowest BCUT2D eigenvalue weighted by atomic mass is 9.93. The van der Waals surface area contributed by atoms with E-state index in [2.05, 4.69) is 17.6 Å². The van der Waals surface area contributed by atoms with Crippen LogP contribution in [-0.2, 0) is 9.57 Å². The lowest BCUT2D eigenvalue weighted by molar-refractivity contribution is -0.00913. The molecule has 14 heavy (non-hydrogen) atoms. The summed E-state index contributed by atoms with van der Waals surface area (Å²) in [7, 11) is 0. The second kappa shape index (κ2) is 3.35. The maximum absolute atomic E-state index is 5.58. The summed E-state index contributed by atoms with van der Waals surface area (Å²) in [5.41, 5.74) is 4.28. The molecule has 0 saturated carbocycles. The highest BCUT2D eigenvalue weighted by Gasteiger charge is 2.42. The molecular weight excluding hydrogens is 178 g/mol. The van der Waals surface area contributed by atoms with Crippen LogP contribution in [0, 0.1) is 5.92 Å². The van der Waals surface area contributed by atoms with Crippen LogP contribution in [0.4, 0.5) is 0 Å². The van der Waals surface area contributed by atoms with Gasteiger partial charge in [0.1, 0.15) is 6.10 Å². The van der Waals surface area contributed by atoms with Crippen molar-refractivity contribution in [2.75, 3.05) is 13.2 Å². The summed E-state index contributed by atoms with van der Waals surface area (Å²) in [5, 5.41) is 0. The Morgan fingerprint density at radius 1 is 1.14 bits per heavy atom. The number of rotatable bonds is 1. The van der Waals surface area contributed by atoms with Gasteiger partial charge in [-0.1, -0.05) is 30.3 Å². The Balaban J connectivity index is 1.86. The Morgan fingerprint density at radius 3 is 2.86 bits per heavy atom. The van der Waals surface area contributed by atoms with Gasteiger partial charge in [-0.2, -0.15) is 5.48 Å². The quantitative estimate of drug-likeness (QED) is 0.725. The lowest BCUT2D eigenvalue weighted by Crippen LogP contribution is -2.25. The molecular formula is C11H13NO2. The summed E-state index contributed by atoms with van der Waals surface area (Å²) in [6, 6.07) is 10.7. The Labute approximate surface area is 83.0 Å². The van der Waals surface area contributed by atoms with Crippen molar-refractivity contribution in [3.63, 3.8) is 0 Å². The molecule has 0 aromatic heterocycles. The van der Waals surface area contributed by atoms with Crippen LogP contribution in [-0.4, -0.2) is 19.3 Å². The summed E-state index contributed by atoms with van der Waals surface area (Å²) in [5.74, 6) is 0.470. The van der Waals surface area contributed by atoms with E-state index >= 15 is 0 Å². The molecule has 0 bridgehead atoms. The molecule has 2 aliphatic rings. The van der Waals surface area contributed by atoms with E-state index in [4.69, 9.17) is 9.57 Å². The standard InChI is InChI=1S/C11H13NO2/c1-2-4-8(5-3-1)11-9-6-13-7-10(9)12-14-11/h1-5,9-12H,6-7H2/t9-,10+,11-/m1/s1. The Bertz CT molecular complexity index is 314. The largest absolute Gasteiger partial charge is 0.379 e. The fourth-order valence-corrected chi connectivity index (χ4v) is 2.20. The molecule has 0 radical (unpaired) electrons. The van der Waals surface area contributed by atoms with Crippen LogP contribution < -0.4 is 5.48 Å². The van der Waals surface area contributed by atoms with Gasteiger partial charge in [-0.05, 0) is 5.56 Å². The predicted molar refractivity (Wildman–Crippen MR) is 51.5 cm³/mol. The van der Waals surface area contributed by atoms with Crippen LogP contribution in [0.3, 0.4) is 0 Å². The molecule has 1 N–H and O–H groups in total. The normalized spacial score (nSPS) is 35.9. The average molecular weight is 191 g/mol. The third-order valence-electron chi connectivity index (χ3n) is 2.99. The minimum absolute atomic E-state index is 0.156. The highest BCUT2D eigenvalue weighted by molar-refractivity contribution is 5.20. The average Bonchev–Trinajstić information content (AvgIpc) is 2.79. The van der Waals surface area contributed by atoms with Crippen molar-refractivity contribution in [2.24, 2.45) is 5.92 Å². The molecule has 0 aliphatic carbocycles. The third kappa shape index (κ3) is 1.25. The van der Waals surface area contributed by atoms with Gasteiger partial charge >= 0.3 is 0 Å². The molecule has 0 amide bonds. The number of fused-ring (bicyclic) bond motifs is 1. The van der Waals surface area contributed by atoms with Gasteiger partial charge in [-0.3, -0.25) is 4.84 Å². The second-order valence-electron chi connectivity index (χ2n) is 3.87. The third-order valence-corrected chi connectivity index (χ3v) is 2.99. The first-order valence-electron chi connectivity index (χ1n) is 4.99. The van der Waals surface area contributed by atoms with Gasteiger partial charge in [0, 0.05) is 5.92 Å². The highest BCUT2D eigenvalue weighted by atomic mass is 16.7. The van der Waals surface area contributed by atoms with Gasteiger partial charge in [0.05, 0.1) is 19.3 Å². The fourth-order valence-electron chi connectivity index (χ4n) is 2.20. The zero-order chi connectivity index (χ0) is 9.38. The topological polar surface area (TPSA) is 30.5 Å². The molecule has 3 atom stereocenters. The van der Waals surface area contributed by atoms with Crippen molar-refractivity contribution in [1.29, 1.82) is 0 Å². The van der Waals surface area contributed by atoms with Crippen LogP contribution in [0.1, 0.15) is 11.7 Å². The van der Waals surface area contributed by atoms with E-state index in [1.807, 2.05) is 18.2 Å². The summed E-state index contributed by atoms with van der Waals surface area (Å²) in [6.07, 6.45) is 0.156. The second-order valence-corrected chi connectivity index (χ2v) is 3.87. The van der Waals surface area contributed by atoms with E-state index in [9.17, 15) is 0 Å².